The number of amides is 3. The molecular weight excluding hydrogens is 392 g/mol. The lowest BCUT2D eigenvalue weighted by molar-refractivity contribution is -0.136. The number of nitrogens with one attached hydrogen (secondary N) is 2. The van der Waals surface area contributed by atoms with Crippen LogP contribution < -0.4 is 15.5 Å². The molecule has 1 saturated heterocycles. The number of carbonyl (C=O) groups is 3. The third kappa shape index (κ3) is 3.65. The average Bonchev–Trinajstić information content (AvgIpc) is 2.98. The third-order valence-electron chi connectivity index (χ3n) is 6.38. The molecule has 0 aliphatic carbocycles. The van der Waals surface area contributed by atoms with E-state index in [1.54, 1.807) is 4.90 Å². The summed E-state index contributed by atoms with van der Waals surface area (Å²) in [6.45, 7) is 5.28. The van der Waals surface area contributed by atoms with E-state index in [-0.39, 0.29) is 24.1 Å². The number of anilines is 2. The van der Waals surface area contributed by atoms with Crippen LogP contribution in [-0.2, 0) is 22.7 Å². The Morgan fingerprint density at radius 2 is 1.94 bits per heavy atom. The van der Waals surface area contributed by atoms with Crippen molar-refractivity contribution in [2.45, 2.75) is 38.9 Å². The highest BCUT2D eigenvalue weighted by Gasteiger charge is 2.39. The minimum absolute atomic E-state index is 0.131. The van der Waals surface area contributed by atoms with Gasteiger partial charge in [0.2, 0.25) is 11.8 Å². The summed E-state index contributed by atoms with van der Waals surface area (Å²) in [7, 11) is 0. The molecule has 1 fully saturated rings. The molecule has 3 amide bonds. The van der Waals surface area contributed by atoms with Gasteiger partial charge in [0.1, 0.15) is 6.04 Å². The molecule has 0 saturated carbocycles. The van der Waals surface area contributed by atoms with Crippen molar-refractivity contribution in [3.8, 4) is 0 Å². The number of piperidine rings is 1. The number of fused-ring (bicyclic) bond motifs is 2. The lowest BCUT2D eigenvalue weighted by Gasteiger charge is -2.29. The van der Waals surface area contributed by atoms with Crippen LogP contribution in [0.15, 0.2) is 42.5 Å². The molecule has 0 spiro atoms. The van der Waals surface area contributed by atoms with Crippen molar-refractivity contribution in [3.63, 3.8) is 0 Å². The number of nitrogens with zero attached hydrogens (tertiary/aromatic N) is 2. The maximum atomic E-state index is 12.9. The van der Waals surface area contributed by atoms with Crippen LogP contribution in [0.5, 0.6) is 0 Å². The Labute approximate surface area is 181 Å². The standard InChI is InChI=1S/C24H26N4O3/c1-15-11-25-19-4-2-3-5-20(19)27(12-15)13-16-6-7-18-17(10-16)14-28(24(18)31)21-8-9-22(29)26-23(21)30/h2-7,10,15,21,25H,8-9,11-14H2,1H3,(H,26,29,30). The van der Waals surface area contributed by atoms with E-state index in [0.29, 0.717) is 24.4 Å². The van der Waals surface area contributed by atoms with Crippen LogP contribution >= 0.6 is 0 Å². The lowest BCUT2D eigenvalue weighted by Crippen LogP contribution is -2.52. The summed E-state index contributed by atoms with van der Waals surface area (Å²) in [5, 5.41) is 5.89. The van der Waals surface area contributed by atoms with Gasteiger partial charge in [0.05, 0.1) is 11.4 Å². The number of carbonyl (C=O) groups excluding carboxylic acids is 3. The molecule has 3 aliphatic rings. The van der Waals surface area contributed by atoms with Crippen LogP contribution in [0.3, 0.4) is 0 Å². The van der Waals surface area contributed by atoms with Crippen molar-refractivity contribution in [3.05, 3.63) is 59.2 Å². The normalized spacial score (nSPS) is 23.1. The van der Waals surface area contributed by atoms with Crippen LogP contribution in [0.25, 0.3) is 0 Å². The van der Waals surface area contributed by atoms with Crippen LogP contribution in [0, 0.1) is 5.92 Å². The minimum Gasteiger partial charge on any atom is -0.383 e. The maximum absolute atomic E-state index is 12.9. The molecule has 31 heavy (non-hydrogen) atoms. The number of para-hydroxylation sites is 2. The molecule has 5 rings (SSSR count). The first kappa shape index (κ1) is 19.6. The van der Waals surface area contributed by atoms with Gasteiger partial charge < -0.3 is 15.1 Å². The van der Waals surface area contributed by atoms with Gasteiger partial charge in [-0.2, -0.15) is 0 Å². The molecule has 2 N–H and O–H groups in total. The highest BCUT2D eigenvalue weighted by atomic mass is 16.2. The number of hydrogen-bond donors (Lipinski definition) is 2. The van der Waals surface area contributed by atoms with E-state index in [0.717, 1.165) is 36.4 Å². The van der Waals surface area contributed by atoms with Gasteiger partial charge in [-0.15, -0.1) is 0 Å². The Bertz CT molecular complexity index is 1070. The van der Waals surface area contributed by atoms with Gasteiger partial charge in [0.15, 0.2) is 0 Å². The van der Waals surface area contributed by atoms with E-state index in [1.807, 2.05) is 18.2 Å². The fourth-order valence-electron chi connectivity index (χ4n) is 4.82. The molecule has 2 atom stereocenters. The zero-order chi connectivity index (χ0) is 21.5. The van der Waals surface area contributed by atoms with E-state index < -0.39 is 6.04 Å². The Morgan fingerprint density at radius 3 is 2.77 bits per heavy atom. The third-order valence-corrected chi connectivity index (χ3v) is 6.38. The number of hydrogen-bond acceptors (Lipinski definition) is 5. The zero-order valence-corrected chi connectivity index (χ0v) is 17.6. The second-order valence-corrected chi connectivity index (χ2v) is 8.78. The van der Waals surface area contributed by atoms with Crippen molar-refractivity contribution < 1.29 is 14.4 Å². The number of rotatable bonds is 3. The lowest BCUT2D eigenvalue weighted by atomic mass is 10.0. The Kier molecular flexibility index (Phi) is 4.88. The summed E-state index contributed by atoms with van der Waals surface area (Å²) in [4.78, 5) is 40.6. The first-order valence-electron chi connectivity index (χ1n) is 10.8. The van der Waals surface area contributed by atoms with Crippen molar-refractivity contribution in [2.24, 2.45) is 5.92 Å². The highest BCUT2D eigenvalue weighted by molar-refractivity contribution is 6.05. The molecule has 3 heterocycles. The molecule has 160 valence electrons. The summed E-state index contributed by atoms with van der Waals surface area (Å²) in [6, 6.07) is 13.8. The van der Waals surface area contributed by atoms with Crippen LogP contribution in [-0.4, -0.2) is 41.8 Å². The fraction of sp³-hybridized carbons (Fsp3) is 0.375. The van der Waals surface area contributed by atoms with Gasteiger partial charge in [-0.3, -0.25) is 19.7 Å². The molecule has 3 aliphatic heterocycles. The second-order valence-electron chi connectivity index (χ2n) is 8.78. The summed E-state index contributed by atoms with van der Waals surface area (Å²) >= 11 is 0. The molecular formula is C24H26N4O3. The quantitative estimate of drug-likeness (QED) is 0.749. The van der Waals surface area contributed by atoms with E-state index in [2.05, 4.69) is 46.7 Å². The predicted molar refractivity (Wildman–Crippen MR) is 118 cm³/mol. The van der Waals surface area contributed by atoms with E-state index in [1.165, 1.54) is 5.69 Å². The summed E-state index contributed by atoms with van der Waals surface area (Å²) < 4.78 is 0. The zero-order valence-electron chi connectivity index (χ0n) is 17.6. The summed E-state index contributed by atoms with van der Waals surface area (Å²) in [6.07, 6.45) is 0.648. The van der Waals surface area contributed by atoms with Gasteiger partial charge in [0.25, 0.3) is 5.91 Å². The largest absolute Gasteiger partial charge is 0.383 e. The van der Waals surface area contributed by atoms with Crippen molar-refractivity contribution in [1.82, 2.24) is 10.2 Å². The average molecular weight is 418 g/mol. The SMILES string of the molecule is CC1CNc2ccccc2N(Cc2ccc3c(c2)CN(C2CCC(=O)NC2=O)C3=O)C1. The number of benzene rings is 2. The monoisotopic (exact) mass is 418 g/mol. The van der Waals surface area contributed by atoms with Crippen LogP contribution in [0.4, 0.5) is 11.4 Å². The van der Waals surface area contributed by atoms with E-state index in [4.69, 9.17) is 0 Å². The molecule has 0 aromatic heterocycles. The Balaban J connectivity index is 1.37. The summed E-state index contributed by atoms with van der Waals surface area (Å²) in [5.74, 6) is -0.269. The molecule has 0 bridgehead atoms. The fourth-order valence-corrected chi connectivity index (χ4v) is 4.82. The van der Waals surface area contributed by atoms with Gasteiger partial charge >= 0.3 is 0 Å². The molecule has 7 heteroatoms. The van der Waals surface area contributed by atoms with Crippen LogP contribution in [0.1, 0.15) is 41.3 Å². The van der Waals surface area contributed by atoms with E-state index in [9.17, 15) is 14.4 Å². The smallest absolute Gasteiger partial charge is 0.255 e. The molecule has 7 nitrogen and oxygen atoms in total. The molecule has 2 aromatic rings. The van der Waals surface area contributed by atoms with Gasteiger partial charge in [-0.25, -0.2) is 0 Å². The molecule has 0 radical (unpaired) electrons. The van der Waals surface area contributed by atoms with Gasteiger partial charge in [0, 0.05) is 38.2 Å². The highest BCUT2D eigenvalue weighted by Crippen LogP contribution is 2.32. The topological polar surface area (TPSA) is 81.8 Å². The van der Waals surface area contributed by atoms with Crippen molar-refractivity contribution in [2.75, 3.05) is 23.3 Å². The van der Waals surface area contributed by atoms with Crippen molar-refractivity contribution >= 4 is 29.1 Å². The molecule has 2 aromatic carbocycles. The molecule has 2 unspecified atom stereocenters. The Hall–Kier alpha value is -3.35. The maximum Gasteiger partial charge on any atom is 0.255 e. The van der Waals surface area contributed by atoms with Gasteiger partial charge in [-0.05, 0) is 41.7 Å². The van der Waals surface area contributed by atoms with Crippen molar-refractivity contribution in [1.29, 1.82) is 0 Å². The predicted octanol–water partition coefficient (Wildman–Crippen LogP) is 2.52. The first-order chi connectivity index (χ1) is 15.0. The van der Waals surface area contributed by atoms with Gasteiger partial charge in [-0.1, -0.05) is 31.2 Å². The number of imide groups is 1. The summed E-state index contributed by atoms with van der Waals surface area (Å²) in [5.41, 5.74) is 5.07. The first-order valence-corrected chi connectivity index (χ1v) is 10.8. The van der Waals surface area contributed by atoms with Crippen LogP contribution in [0.2, 0.25) is 0 Å². The van der Waals surface area contributed by atoms with E-state index >= 15 is 0 Å². The Morgan fingerprint density at radius 1 is 1.10 bits per heavy atom. The second kappa shape index (κ2) is 7.72. The minimum atomic E-state index is -0.578.